The number of rotatable bonds is 2. The van der Waals surface area contributed by atoms with Gasteiger partial charge >= 0.3 is 0 Å². The molecule has 0 N–H and O–H groups in total. The molecule has 1 saturated heterocycles. The van der Waals surface area contributed by atoms with Gasteiger partial charge < -0.3 is 4.90 Å². The van der Waals surface area contributed by atoms with Crippen LogP contribution in [0.1, 0.15) is 6.42 Å². The molecule has 10 heteroatoms. The van der Waals surface area contributed by atoms with Crippen molar-refractivity contribution in [3.63, 3.8) is 0 Å². The van der Waals surface area contributed by atoms with Crippen LogP contribution >= 0.6 is 35.6 Å². The molecule has 0 aromatic carbocycles. The molecule has 0 saturated carbocycles. The number of nitrogens with zero attached hydrogens (tertiary/aromatic N) is 1. The van der Waals surface area contributed by atoms with Crippen LogP contribution < -0.4 is 0 Å². The van der Waals surface area contributed by atoms with Gasteiger partial charge in [-0.25, -0.2) is 16.8 Å². The van der Waals surface area contributed by atoms with E-state index in [1.807, 2.05) is 0 Å². The van der Waals surface area contributed by atoms with Gasteiger partial charge in [0.05, 0.1) is 22.5 Å². The topological polar surface area (TPSA) is 71.5 Å². The minimum Gasteiger partial charge on any atom is -0.357 e. The molecule has 2 aliphatic heterocycles. The number of thioether (sulfide) groups is 1. The first-order chi connectivity index (χ1) is 9.10. The molecule has 2 atom stereocenters. The maximum absolute atomic E-state index is 11.5. The molecule has 5 nitrogen and oxygen atoms in total. The van der Waals surface area contributed by atoms with Crippen molar-refractivity contribution in [3.05, 3.63) is 10.4 Å². The fraction of sp³-hybridized carbons (Fsp3) is 0.700. The minimum absolute atomic E-state index is 0.0621. The Morgan fingerprint density at radius 2 is 2.05 bits per heavy atom. The molecular formula is C10H14ClNO4S4. The second-order valence-corrected chi connectivity index (χ2v) is 11.3. The van der Waals surface area contributed by atoms with Gasteiger partial charge in [-0.15, -0.1) is 0 Å². The van der Waals surface area contributed by atoms with E-state index >= 15 is 0 Å². The zero-order valence-electron chi connectivity index (χ0n) is 10.7. The lowest BCUT2D eigenvalue weighted by Gasteiger charge is -2.26. The molecule has 0 spiro atoms. The van der Waals surface area contributed by atoms with E-state index in [1.54, 1.807) is 11.9 Å². The van der Waals surface area contributed by atoms with Crippen LogP contribution in [-0.4, -0.2) is 61.7 Å². The molecule has 0 aromatic rings. The molecule has 0 amide bonds. The van der Waals surface area contributed by atoms with Gasteiger partial charge in [0.15, 0.2) is 19.7 Å². The predicted octanol–water partition coefficient (Wildman–Crippen LogP) is 1.00. The van der Waals surface area contributed by atoms with Gasteiger partial charge in [0.25, 0.3) is 0 Å². The van der Waals surface area contributed by atoms with Crippen molar-refractivity contribution in [3.8, 4) is 0 Å². The Kier molecular flexibility index (Phi) is 4.76. The molecule has 0 bridgehead atoms. The van der Waals surface area contributed by atoms with E-state index in [2.05, 4.69) is 0 Å². The van der Waals surface area contributed by atoms with E-state index in [0.717, 1.165) is 5.41 Å². The highest BCUT2D eigenvalue weighted by atomic mass is 35.5. The van der Waals surface area contributed by atoms with Gasteiger partial charge in [-0.2, -0.15) is 0 Å². The Morgan fingerprint density at radius 1 is 1.40 bits per heavy atom. The molecule has 2 heterocycles. The first-order valence-corrected chi connectivity index (χ1v) is 11.0. The molecule has 0 aromatic heterocycles. The van der Waals surface area contributed by atoms with E-state index < -0.39 is 24.9 Å². The Hall–Kier alpha value is 0.170. The second kappa shape index (κ2) is 5.75. The molecule has 2 rings (SSSR count). The van der Waals surface area contributed by atoms with Crippen LogP contribution in [0.2, 0.25) is 0 Å². The van der Waals surface area contributed by atoms with Crippen LogP contribution in [-0.2, 0) is 19.7 Å². The molecule has 2 aliphatic rings. The van der Waals surface area contributed by atoms with Gasteiger partial charge in [-0.3, -0.25) is 0 Å². The minimum atomic E-state index is -3.24. The smallest absolute Gasteiger partial charge is 0.174 e. The molecule has 0 radical (unpaired) electrons. The van der Waals surface area contributed by atoms with Gasteiger partial charge in [0, 0.05) is 23.5 Å². The second-order valence-electron chi connectivity index (χ2n) is 4.87. The molecule has 0 unspecified atom stereocenters. The van der Waals surface area contributed by atoms with Crippen molar-refractivity contribution in [1.29, 1.82) is 0 Å². The molecule has 1 fully saturated rings. The third-order valence-corrected chi connectivity index (χ3v) is 9.05. The number of hydrogen-bond donors (Lipinski definition) is 0. The Morgan fingerprint density at radius 3 is 2.50 bits per heavy atom. The summed E-state index contributed by atoms with van der Waals surface area (Å²) in [5.74, 6) is 0.206. The molecular weight excluding hydrogens is 362 g/mol. The summed E-state index contributed by atoms with van der Waals surface area (Å²) in [4.78, 5) is 1.74. The summed E-state index contributed by atoms with van der Waals surface area (Å²) >= 11 is 12.4. The maximum atomic E-state index is 11.5. The van der Waals surface area contributed by atoms with Crippen LogP contribution in [0.15, 0.2) is 10.4 Å². The Bertz CT molecular complexity index is 655. The first-order valence-electron chi connectivity index (χ1n) is 5.83. The normalized spacial score (nSPS) is 31.0. The van der Waals surface area contributed by atoms with Gasteiger partial charge in [-0.1, -0.05) is 35.6 Å². The van der Waals surface area contributed by atoms with Crippen molar-refractivity contribution in [1.82, 2.24) is 4.90 Å². The number of sulfone groups is 2. The standard InChI is InChI=1S/C10H14ClNO4S4/c1-12(7-2-3-19(13,14)4-7)10(17)18-9-6-20(15,16)5-8(9)11/h5,7,9H,2-4,6H2,1H3/t7-,9+/m1/s1. The van der Waals surface area contributed by atoms with E-state index in [1.165, 1.54) is 11.8 Å². The lowest BCUT2D eigenvalue weighted by molar-refractivity contribution is 0.409. The summed E-state index contributed by atoms with van der Waals surface area (Å²) in [6.07, 6.45) is 0.548. The van der Waals surface area contributed by atoms with E-state index in [0.29, 0.717) is 10.7 Å². The van der Waals surface area contributed by atoms with Crippen molar-refractivity contribution in [2.45, 2.75) is 17.7 Å². The zero-order chi connectivity index (χ0) is 15.1. The molecule has 20 heavy (non-hydrogen) atoms. The van der Waals surface area contributed by atoms with Crippen LogP contribution in [0.4, 0.5) is 0 Å². The predicted molar refractivity (Wildman–Crippen MR) is 86.5 cm³/mol. The summed E-state index contributed by atoms with van der Waals surface area (Å²) in [6.45, 7) is 0. The molecule has 0 aliphatic carbocycles. The number of halogens is 1. The SMILES string of the molecule is CN(C(=S)S[C@H]1CS(=O)(=O)C=C1Cl)[C@@H]1CCS(=O)(=O)C1. The quantitative estimate of drug-likeness (QED) is 0.666. The summed E-state index contributed by atoms with van der Waals surface area (Å²) in [7, 11) is -4.48. The van der Waals surface area contributed by atoms with Crippen LogP contribution in [0.25, 0.3) is 0 Å². The summed E-state index contributed by atoms with van der Waals surface area (Å²) in [5, 5.41) is 0.939. The number of thiocarbonyl (C=S) groups is 1. The lowest BCUT2D eigenvalue weighted by Crippen LogP contribution is -2.36. The third-order valence-electron chi connectivity index (χ3n) is 3.27. The third kappa shape index (κ3) is 3.88. The Labute approximate surface area is 133 Å². The van der Waals surface area contributed by atoms with Gasteiger partial charge in [0.2, 0.25) is 0 Å². The van der Waals surface area contributed by atoms with E-state index in [9.17, 15) is 16.8 Å². The van der Waals surface area contributed by atoms with Crippen LogP contribution in [0.3, 0.4) is 0 Å². The van der Waals surface area contributed by atoms with Gasteiger partial charge in [-0.05, 0) is 6.42 Å². The van der Waals surface area contributed by atoms with Crippen molar-refractivity contribution < 1.29 is 16.8 Å². The lowest BCUT2D eigenvalue weighted by atomic mass is 10.2. The average molecular weight is 376 g/mol. The van der Waals surface area contributed by atoms with Crippen molar-refractivity contribution in [2.24, 2.45) is 0 Å². The van der Waals surface area contributed by atoms with Gasteiger partial charge in [0.1, 0.15) is 4.32 Å². The molecule has 114 valence electrons. The van der Waals surface area contributed by atoms with Crippen molar-refractivity contribution in [2.75, 3.05) is 24.3 Å². The van der Waals surface area contributed by atoms with E-state index in [-0.39, 0.29) is 28.3 Å². The summed E-state index contributed by atoms with van der Waals surface area (Å²) in [6, 6.07) is -0.138. The maximum Gasteiger partial charge on any atom is 0.174 e. The average Bonchev–Trinajstić information content (AvgIpc) is 2.77. The van der Waals surface area contributed by atoms with E-state index in [4.69, 9.17) is 23.8 Å². The monoisotopic (exact) mass is 375 g/mol. The first kappa shape index (κ1) is 16.5. The fourth-order valence-electron chi connectivity index (χ4n) is 2.11. The Balaban J connectivity index is 1.98. The fourth-order valence-corrected chi connectivity index (χ4v) is 7.96. The number of hydrogen-bond acceptors (Lipinski definition) is 6. The highest BCUT2D eigenvalue weighted by molar-refractivity contribution is 8.23. The van der Waals surface area contributed by atoms with Crippen LogP contribution in [0.5, 0.6) is 0 Å². The summed E-state index contributed by atoms with van der Waals surface area (Å²) < 4.78 is 46.3. The van der Waals surface area contributed by atoms with Crippen LogP contribution in [0, 0.1) is 0 Å². The largest absolute Gasteiger partial charge is 0.357 e. The highest BCUT2D eigenvalue weighted by Crippen LogP contribution is 2.33. The van der Waals surface area contributed by atoms with Crippen molar-refractivity contribution >= 4 is 59.6 Å². The zero-order valence-corrected chi connectivity index (χ0v) is 14.7. The highest BCUT2D eigenvalue weighted by Gasteiger charge is 2.34. The summed E-state index contributed by atoms with van der Waals surface area (Å²) in [5.41, 5.74) is 0.